The molecular formula is C24H36N2O. The van der Waals surface area contributed by atoms with Crippen LogP contribution in [0.5, 0.6) is 0 Å². The summed E-state index contributed by atoms with van der Waals surface area (Å²) in [6, 6.07) is 8.19. The maximum Gasteiger partial charge on any atom is 0.137 e. The van der Waals surface area contributed by atoms with E-state index in [1.807, 2.05) is 0 Å². The van der Waals surface area contributed by atoms with Crippen molar-refractivity contribution < 1.29 is 4.79 Å². The molecule has 27 heavy (non-hydrogen) atoms. The molecule has 0 radical (unpaired) electrons. The summed E-state index contributed by atoms with van der Waals surface area (Å²) in [4.78, 5) is 17.7. The highest BCUT2D eigenvalue weighted by molar-refractivity contribution is 5.81. The summed E-state index contributed by atoms with van der Waals surface area (Å²) < 4.78 is 0. The molecule has 1 aliphatic carbocycles. The van der Waals surface area contributed by atoms with Crippen molar-refractivity contribution in [1.82, 2.24) is 4.90 Å². The van der Waals surface area contributed by atoms with Gasteiger partial charge >= 0.3 is 0 Å². The second kappa shape index (κ2) is 8.34. The van der Waals surface area contributed by atoms with Gasteiger partial charge in [-0.3, -0.25) is 9.69 Å². The Morgan fingerprint density at radius 2 is 1.89 bits per heavy atom. The van der Waals surface area contributed by atoms with E-state index in [0.29, 0.717) is 18.1 Å². The third-order valence-electron chi connectivity index (χ3n) is 7.23. The number of ketones is 1. The average molecular weight is 369 g/mol. The molecule has 3 aliphatic rings. The smallest absolute Gasteiger partial charge is 0.137 e. The highest BCUT2D eigenvalue weighted by atomic mass is 16.1. The zero-order valence-electron chi connectivity index (χ0n) is 17.3. The molecule has 3 fully saturated rings. The number of anilines is 1. The lowest BCUT2D eigenvalue weighted by Gasteiger charge is -2.29. The number of carbonyl (C=O) groups excluding carboxylic acids is 1. The Bertz CT molecular complexity index is 664. The van der Waals surface area contributed by atoms with Crippen LogP contribution in [0.2, 0.25) is 0 Å². The van der Waals surface area contributed by atoms with Gasteiger partial charge in [0.2, 0.25) is 0 Å². The Morgan fingerprint density at radius 3 is 2.59 bits per heavy atom. The SMILES string of the molecule is Cc1cc(CC(=O)CC2CCCC2)ccc1N1CCC(N2CCCC2C)C1. The van der Waals surface area contributed by atoms with E-state index in [1.165, 1.54) is 68.3 Å². The van der Waals surface area contributed by atoms with Gasteiger partial charge in [-0.15, -0.1) is 0 Å². The van der Waals surface area contributed by atoms with E-state index in [2.05, 4.69) is 41.8 Å². The van der Waals surface area contributed by atoms with Crippen LogP contribution >= 0.6 is 0 Å². The molecule has 1 saturated carbocycles. The molecule has 3 nitrogen and oxygen atoms in total. The normalized spacial score (nSPS) is 27.0. The van der Waals surface area contributed by atoms with Crippen LogP contribution in [0.15, 0.2) is 18.2 Å². The second-order valence-electron chi connectivity index (χ2n) is 9.31. The molecule has 0 aromatic heterocycles. The van der Waals surface area contributed by atoms with Crippen LogP contribution in [-0.4, -0.2) is 42.4 Å². The monoisotopic (exact) mass is 368 g/mol. The van der Waals surface area contributed by atoms with Crippen LogP contribution in [0.3, 0.4) is 0 Å². The minimum absolute atomic E-state index is 0.429. The molecule has 148 valence electrons. The first-order valence-corrected chi connectivity index (χ1v) is 11.2. The zero-order chi connectivity index (χ0) is 18.8. The molecule has 2 atom stereocenters. The van der Waals surface area contributed by atoms with Crippen molar-refractivity contribution in [2.45, 2.75) is 83.7 Å². The summed E-state index contributed by atoms with van der Waals surface area (Å²) in [6.45, 7) is 8.20. The fourth-order valence-electron chi connectivity index (χ4n) is 5.75. The second-order valence-corrected chi connectivity index (χ2v) is 9.31. The third kappa shape index (κ3) is 4.39. The molecule has 1 aromatic carbocycles. The van der Waals surface area contributed by atoms with Gasteiger partial charge in [-0.25, -0.2) is 0 Å². The first-order valence-electron chi connectivity index (χ1n) is 11.2. The number of nitrogens with zero attached hydrogens (tertiary/aromatic N) is 2. The van der Waals surface area contributed by atoms with Gasteiger partial charge in [0.15, 0.2) is 0 Å². The Labute approximate surface area is 165 Å². The molecule has 0 amide bonds. The molecule has 2 saturated heterocycles. The van der Waals surface area contributed by atoms with E-state index in [9.17, 15) is 4.79 Å². The van der Waals surface area contributed by atoms with E-state index in [0.717, 1.165) is 31.6 Å². The van der Waals surface area contributed by atoms with Crippen LogP contribution in [0, 0.1) is 12.8 Å². The summed E-state index contributed by atoms with van der Waals surface area (Å²) in [5.74, 6) is 1.09. The van der Waals surface area contributed by atoms with Crippen molar-refractivity contribution in [1.29, 1.82) is 0 Å². The molecular weight excluding hydrogens is 332 g/mol. The molecule has 0 bridgehead atoms. The van der Waals surface area contributed by atoms with Gasteiger partial charge < -0.3 is 4.90 Å². The molecule has 2 aliphatic heterocycles. The molecule has 0 N–H and O–H groups in total. The number of hydrogen-bond acceptors (Lipinski definition) is 3. The topological polar surface area (TPSA) is 23.6 Å². The van der Waals surface area contributed by atoms with Gasteiger partial charge in [-0.2, -0.15) is 0 Å². The van der Waals surface area contributed by atoms with E-state index < -0.39 is 0 Å². The molecule has 1 aromatic rings. The largest absolute Gasteiger partial charge is 0.370 e. The summed E-state index contributed by atoms with van der Waals surface area (Å²) in [7, 11) is 0. The predicted molar refractivity (Wildman–Crippen MR) is 112 cm³/mol. The minimum Gasteiger partial charge on any atom is -0.370 e. The van der Waals surface area contributed by atoms with Gasteiger partial charge in [-0.1, -0.05) is 37.8 Å². The van der Waals surface area contributed by atoms with Gasteiger partial charge in [0.25, 0.3) is 0 Å². The molecule has 2 unspecified atom stereocenters. The fourth-order valence-corrected chi connectivity index (χ4v) is 5.75. The zero-order valence-corrected chi connectivity index (χ0v) is 17.3. The van der Waals surface area contributed by atoms with Gasteiger partial charge in [-0.05, 0) is 62.8 Å². The molecule has 2 heterocycles. The van der Waals surface area contributed by atoms with Crippen molar-refractivity contribution in [2.24, 2.45) is 5.92 Å². The number of likely N-dealkylation sites (tertiary alicyclic amines) is 1. The summed E-state index contributed by atoms with van der Waals surface area (Å²) in [6.07, 6.45) is 10.6. The maximum atomic E-state index is 12.4. The maximum absolute atomic E-state index is 12.4. The molecule has 0 spiro atoms. The third-order valence-corrected chi connectivity index (χ3v) is 7.23. The van der Waals surface area contributed by atoms with Gasteiger partial charge in [0, 0.05) is 43.7 Å². The van der Waals surface area contributed by atoms with Crippen LogP contribution in [0.4, 0.5) is 5.69 Å². The summed E-state index contributed by atoms with van der Waals surface area (Å²) >= 11 is 0. The lowest BCUT2D eigenvalue weighted by molar-refractivity contribution is -0.119. The number of aryl methyl sites for hydroxylation is 1. The average Bonchev–Trinajstić information content (AvgIpc) is 3.36. The standard InChI is InChI=1S/C24H36N2O/c1-18-14-21(16-23(27)15-20-7-3-4-8-20)9-10-24(18)25-13-11-22(17-25)26-12-5-6-19(26)2/h9-10,14,19-20,22H,3-8,11-13,15-17H2,1-2H3. The van der Waals surface area contributed by atoms with E-state index in [1.54, 1.807) is 0 Å². The van der Waals surface area contributed by atoms with Crippen molar-refractivity contribution in [3.05, 3.63) is 29.3 Å². The number of rotatable bonds is 6. The highest BCUT2D eigenvalue weighted by Crippen LogP contribution is 2.31. The number of hydrogen-bond donors (Lipinski definition) is 0. The highest BCUT2D eigenvalue weighted by Gasteiger charge is 2.33. The van der Waals surface area contributed by atoms with Crippen molar-refractivity contribution in [2.75, 3.05) is 24.5 Å². The van der Waals surface area contributed by atoms with Crippen LogP contribution in [-0.2, 0) is 11.2 Å². The van der Waals surface area contributed by atoms with E-state index in [-0.39, 0.29) is 0 Å². The quantitative estimate of drug-likeness (QED) is 0.724. The number of benzene rings is 1. The van der Waals surface area contributed by atoms with Crippen molar-refractivity contribution in [3.63, 3.8) is 0 Å². The van der Waals surface area contributed by atoms with Gasteiger partial charge in [0.1, 0.15) is 5.78 Å². The van der Waals surface area contributed by atoms with Crippen molar-refractivity contribution >= 4 is 11.5 Å². The molecule has 3 heteroatoms. The minimum atomic E-state index is 0.429. The van der Waals surface area contributed by atoms with Crippen molar-refractivity contribution in [3.8, 4) is 0 Å². The lowest BCUT2D eigenvalue weighted by Crippen LogP contribution is -2.39. The fraction of sp³-hybridized carbons (Fsp3) is 0.708. The first kappa shape index (κ1) is 19.0. The summed E-state index contributed by atoms with van der Waals surface area (Å²) in [5.41, 5.74) is 3.90. The Kier molecular flexibility index (Phi) is 5.87. The first-order chi connectivity index (χ1) is 13.1. The Balaban J connectivity index is 1.35. The number of Topliss-reactive ketones (excluding diaryl/α,β-unsaturated/α-hetero) is 1. The van der Waals surface area contributed by atoms with Crippen LogP contribution in [0.25, 0.3) is 0 Å². The number of carbonyl (C=O) groups is 1. The van der Waals surface area contributed by atoms with E-state index in [4.69, 9.17) is 0 Å². The molecule has 4 rings (SSSR count). The Hall–Kier alpha value is -1.35. The van der Waals surface area contributed by atoms with Crippen LogP contribution in [0.1, 0.15) is 69.4 Å². The van der Waals surface area contributed by atoms with Crippen LogP contribution < -0.4 is 4.90 Å². The summed E-state index contributed by atoms with van der Waals surface area (Å²) in [5, 5.41) is 0. The van der Waals surface area contributed by atoms with E-state index >= 15 is 0 Å². The predicted octanol–water partition coefficient (Wildman–Crippen LogP) is 4.75. The Morgan fingerprint density at radius 1 is 1.07 bits per heavy atom. The van der Waals surface area contributed by atoms with Gasteiger partial charge in [0.05, 0.1) is 0 Å². The lowest BCUT2D eigenvalue weighted by atomic mass is 9.96.